The normalized spacial score (nSPS) is 15.8. The summed E-state index contributed by atoms with van der Waals surface area (Å²) in [6, 6.07) is 13.7. The molecule has 2 amide bonds. The molecule has 1 aromatic heterocycles. The van der Waals surface area contributed by atoms with Gasteiger partial charge in [0.1, 0.15) is 0 Å². The standard InChI is InChI=1S/C22H27N3O3/c26-21(27)7-6-20(16-17-4-2-1-3-5-17)24-22(28)25-14-10-19(11-15-25)18-8-12-23-13-9-18/h1-5,8-9,12-13,19-20H,6-7,10-11,14-16H2,(H,24,28)(H,26,27). The third-order valence-corrected chi connectivity index (χ3v) is 5.32. The summed E-state index contributed by atoms with van der Waals surface area (Å²) in [6.45, 7) is 1.41. The fourth-order valence-corrected chi connectivity index (χ4v) is 3.74. The number of urea groups is 1. The van der Waals surface area contributed by atoms with Crippen molar-refractivity contribution >= 4 is 12.0 Å². The lowest BCUT2D eigenvalue weighted by Crippen LogP contribution is -2.48. The van der Waals surface area contributed by atoms with E-state index in [1.165, 1.54) is 5.56 Å². The van der Waals surface area contributed by atoms with Crippen molar-refractivity contribution in [3.63, 3.8) is 0 Å². The molecule has 1 aliphatic heterocycles. The van der Waals surface area contributed by atoms with E-state index in [0.717, 1.165) is 18.4 Å². The van der Waals surface area contributed by atoms with Crippen LogP contribution in [0.4, 0.5) is 4.79 Å². The van der Waals surface area contributed by atoms with Crippen LogP contribution in [0.1, 0.15) is 42.7 Å². The number of amides is 2. The van der Waals surface area contributed by atoms with E-state index >= 15 is 0 Å². The molecule has 148 valence electrons. The molecule has 3 rings (SSSR count). The van der Waals surface area contributed by atoms with Gasteiger partial charge >= 0.3 is 12.0 Å². The molecule has 1 saturated heterocycles. The van der Waals surface area contributed by atoms with Gasteiger partial charge in [0, 0.05) is 37.9 Å². The van der Waals surface area contributed by atoms with Crippen LogP contribution in [-0.2, 0) is 11.2 Å². The Morgan fingerprint density at radius 1 is 1.11 bits per heavy atom. The first-order chi connectivity index (χ1) is 13.6. The second kappa shape index (κ2) is 9.88. The highest BCUT2D eigenvalue weighted by atomic mass is 16.4. The molecule has 1 unspecified atom stereocenters. The average Bonchev–Trinajstić information content (AvgIpc) is 2.73. The Balaban J connectivity index is 1.55. The van der Waals surface area contributed by atoms with Crippen LogP contribution < -0.4 is 5.32 Å². The van der Waals surface area contributed by atoms with Crippen molar-refractivity contribution in [3.05, 3.63) is 66.0 Å². The van der Waals surface area contributed by atoms with Gasteiger partial charge in [0.2, 0.25) is 0 Å². The summed E-state index contributed by atoms with van der Waals surface area (Å²) in [7, 11) is 0. The van der Waals surface area contributed by atoms with Crippen molar-refractivity contribution in [2.24, 2.45) is 0 Å². The number of likely N-dealkylation sites (tertiary alicyclic amines) is 1. The Morgan fingerprint density at radius 3 is 2.43 bits per heavy atom. The zero-order valence-corrected chi connectivity index (χ0v) is 16.0. The van der Waals surface area contributed by atoms with Crippen LogP contribution in [0, 0.1) is 0 Å². The fourth-order valence-electron chi connectivity index (χ4n) is 3.74. The van der Waals surface area contributed by atoms with Crippen LogP contribution >= 0.6 is 0 Å². The van der Waals surface area contributed by atoms with Crippen molar-refractivity contribution in [2.45, 2.75) is 44.1 Å². The van der Waals surface area contributed by atoms with Crippen molar-refractivity contribution in [3.8, 4) is 0 Å². The molecule has 0 bridgehead atoms. The Kier molecular flexibility index (Phi) is 7.00. The molecule has 6 heteroatoms. The molecule has 0 spiro atoms. The lowest BCUT2D eigenvalue weighted by atomic mass is 9.90. The van der Waals surface area contributed by atoms with Crippen molar-refractivity contribution in [1.82, 2.24) is 15.2 Å². The lowest BCUT2D eigenvalue weighted by Gasteiger charge is -2.33. The number of nitrogens with zero attached hydrogens (tertiary/aromatic N) is 2. The number of hydrogen-bond donors (Lipinski definition) is 2. The largest absolute Gasteiger partial charge is 0.481 e. The summed E-state index contributed by atoms with van der Waals surface area (Å²) >= 11 is 0. The minimum absolute atomic E-state index is 0.0435. The number of piperidine rings is 1. The number of carboxylic acids is 1. The molecule has 1 atom stereocenters. The number of aromatic nitrogens is 1. The van der Waals surface area contributed by atoms with E-state index in [1.807, 2.05) is 59.8 Å². The summed E-state index contributed by atoms with van der Waals surface area (Å²) in [5.41, 5.74) is 2.37. The molecule has 6 nitrogen and oxygen atoms in total. The molecule has 0 aliphatic carbocycles. The molecule has 0 saturated carbocycles. The van der Waals surface area contributed by atoms with E-state index in [2.05, 4.69) is 10.3 Å². The zero-order chi connectivity index (χ0) is 19.8. The molecule has 2 N–H and O–H groups in total. The van der Waals surface area contributed by atoms with Gasteiger partial charge in [-0.1, -0.05) is 30.3 Å². The molecule has 28 heavy (non-hydrogen) atoms. The summed E-state index contributed by atoms with van der Waals surface area (Å²) in [5, 5.41) is 12.1. The predicted octanol–water partition coefficient (Wildman–Crippen LogP) is 3.45. The van der Waals surface area contributed by atoms with Crippen LogP contribution in [0.2, 0.25) is 0 Å². The number of benzene rings is 1. The maximum Gasteiger partial charge on any atom is 0.317 e. The van der Waals surface area contributed by atoms with Gasteiger partial charge in [0.05, 0.1) is 0 Å². The first-order valence-electron chi connectivity index (χ1n) is 9.83. The van der Waals surface area contributed by atoms with Crippen LogP contribution in [0.15, 0.2) is 54.9 Å². The molecule has 0 radical (unpaired) electrons. The number of rotatable bonds is 7. The van der Waals surface area contributed by atoms with Gasteiger partial charge in [-0.05, 0) is 54.9 Å². The molecule has 2 aromatic rings. The van der Waals surface area contributed by atoms with E-state index in [4.69, 9.17) is 5.11 Å². The number of nitrogens with one attached hydrogen (secondary N) is 1. The minimum atomic E-state index is -0.842. The minimum Gasteiger partial charge on any atom is -0.481 e. The van der Waals surface area contributed by atoms with Gasteiger partial charge in [-0.3, -0.25) is 9.78 Å². The Morgan fingerprint density at radius 2 is 1.79 bits per heavy atom. The van der Waals surface area contributed by atoms with E-state index in [0.29, 0.717) is 31.8 Å². The highest BCUT2D eigenvalue weighted by molar-refractivity contribution is 5.75. The van der Waals surface area contributed by atoms with Crippen LogP contribution in [0.25, 0.3) is 0 Å². The van der Waals surface area contributed by atoms with E-state index in [1.54, 1.807) is 0 Å². The summed E-state index contributed by atoms with van der Waals surface area (Å²) in [5.74, 6) is -0.385. The van der Waals surface area contributed by atoms with Crippen LogP contribution in [-0.4, -0.2) is 46.1 Å². The van der Waals surface area contributed by atoms with Crippen molar-refractivity contribution in [1.29, 1.82) is 0 Å². The van der Waals surface area contributed by atoms with E-state index in [9.17, 15) is 9.59 Å². The SMILES string of the molecule is O=C(O)CCC(Cc1ccccc1)NC(=O)N1CCC(c2ccncc2)CC1. The Hall–Kier alpha value is -2.89. The Labute approximate surface area is 165 Å². The quantitative estimate of drug-likeness (QED) is 0.770. The maximum atomic E-state index is 12.7. The molecular weight excluding hydrogens is 354 g/mol. The predicted molar refractivity (Wildman–Crippen MR) is 107 cm³/mol. The third kappa shape index (κ3) is 5.81. The second-order valence-electron chi connectivity index (χ2n) is 7.31. The van der Waals surface area contributed by atoms with Gasteiger partial charge in [-0.15, -0.1) is 0 Å². The molecule has 1 aliphatic rings. The molecule has 1 fully saturated rings. The summed E-state index contributed by atoms with van der Waals surface area (Å²) in [6.07, 6.45) is 6.57. The number of hydrogen-bond acceptors (Lipinski definition) is 3. The number of pyridine rings is 1. The fraction of sp³-hybridized carbons (Fsp3) is 0.409. The molecule has 2 heterocycles. The second-order valence-corrected chi connectivity index (χ2v) is 7.31. The van der Waals surface area contributed by atoms with Gasteiger partial charge in [0.15, 0.2) is 0 Å². The van der Waals surface area contributed by atoms with Crippen molar-refractivity contribution in [2.75, 3.05) is 13.1 Å². The summed E-state index contributed by atoms with van der Waals surface area (Å²) < 4.78 is 0. The van der Waals surface area contributed by atoms with E-state index in [-0.39, 0.29) is 18.5 Å². The number of carboxylic acid groups (broad SMARTS) is 1. The maximum absolute atomic E-state index is 12.7. The first-order valence-corrected chi connectivity index (χ1v) is 9.83. The highest BCUT2D eigenvalue weighted by Crippen LogP contribution is 2.27. The Bertz CT molecular complexity index is 759. The smallest absolute Gasteiger partial charge is 0.317 e. The number of carbonyl (C=O) groups excluding carboxylic acids is 1. The summed E-state index contributed by atoms with van der Waals surface area (Å²) in [4.78, 5) is 29.6. The number of aliphatic carboxylic acids is 1. The van der Waals surface area contributed by atoms with Crippen LogP contribution in [0.5, 0.6) is 0 Å². The van der Waals surface area contributed by atoms with Crippen LogP contribution in [0.3, 0.4) is 0 Å². The highest BCUT2D eigenvalue weighted by Gasteiger charge is 2.25. The zero-order valence-electron chi connectivity index (χ0n) is 16.0. The monoisotopic (exact) mass is 381 g/mol. The van der Waals surface area contributed by atoms with Gasteiger partial charge in [-0.25, -0.2) is 4.79 Å². The van der Waals surface area contributed by atoms with E-state index < -0.39 is 5.97 Å². The third-order valence-electron chi connectivity index (χ3n) is 5.32. The molecule has 1 aromatic carbocycles. The van der Waals surface area contributed by atoms with Gasteiger partial charge < -0.3 is 15.3 Å². The van der Waals surface area contributed by atoms with Crippen molar-refractivity contribution < 1.29 is 14.7 Å². The molecular formula is C22H27N3O3. The first kappa shape index (κ1) is 19.9. The average molecular weight is 381 g/mol. The van der Waals surface area contributed by atoms with Gasteiger partial charge in [0.25, 0.3) is 0 Å². The topological polar surface area (TPSA) is 82.5 Å². The van der Waals surface area contributed by atoms with Gasteiger partial charge in [-0.2, -0.15) is 0 Å². The number of carbonyl (C=O) groups is 2. The lowest BCUT2D eigenvalue weighted by molar-refractivity contribution is -0.137.